The van der Waals surface area contributed by atoms with Gasteiger partial charge in [-0.3, -0.25) is 0 Å². The second-order valence-corrected chi connectivity index (χ2v) is 8.11. The van der Waals surface area contributed by atoms with Gasteiger partial charge >= 0.3 is 0 Å². The summed E-state index contributed by atoms with van der Waals surface area (Å²) in [6, 6.07) is 8.97. The molecule has 0 aliphatic heterocycles. The first kappa shape index (κ1) is 16.5. The normalized spacial score (nSPS) is 18.2. The lowest BCUT2D eigenvalue weighted by Gasteiger charge is -2.30. The van der Waals surface area contributed by atoms with Gasteiger partial charge in [0.1, 0.15) is 0 Å². The van der Waals surface area contributed by atoms with Gasteiger partial charge in [-0.05, 0) is 38.8 Å². The van der Waals surface area contributed by atoms with Crippen LogP contribution < -0.4 is 5.32 Å². The predicted molar refractivity (Wildman–Crippen MR) is 93.7 cm³/mol. The fourth-order valence-corrected chi connectivity index (χ4v) is 4.52. The smallest absolute Gasteiger partial charge is 0.233 e. The van der Waals surface area contributed by atoms with Crippen LogP contribution in [0.2, 0.25) is 0 Å². The molecule has 1 aromatic heterocycles. The van der Waals surface area contributed by atoms with Crippen molar-refractivity contribution in [3.05, 3.63) is 41.6 Å². The molecule has 5 heteroatoms. The van der Waals surface area contributed by atoms with Crippen molar-refractivity contribution >= 4 is 11.8 Å². The number of benzene rings is 1. The minimum Gasteiger partial charge on any atom is -0.424 e. The molecule has 1 aliphatic rings. The Morgan fingerprint density at radius 2 is 1.87 bits per heavy atom. The quantitative estimate of drug-likeness (QED) is 0.848. The fraction of sp³-hybridized carbons (Fsp3) is 0.556. The molecule has 0 saturated heterocycles. The van der Waals surface area contributed by atoms with Crippen LogP contribution in [0.25, 0.3) is 0 Å². The van der Waals surface area contributed by atoms with E-state index in [1.807, 2.05) is 18.7 Å². The van der Waals surface area contributed by atoms with Gasteiger partial charge in [-0.2, -0.15) is 0 Å². The van der Waals surface area contributed by atoms with Crippen LogP contribution in [0.4, 0.5) is 0 Å². The maximum absolute atomic E-state index is 5.53. The maximum atomic E-state index is 5.53. The molecular formula is C18H25N3OS. The van der Waals surface area contributed by atoms with Gasteiger partial charge < -0.3 is 9.73 Å². The van der Waals surface area contributed by atoms with Gasteiger partial charge in [0, 0.05) is 23.1 Å². The number of hydrogen-bond donors (Lipinski definition) is 1. The lowest BCUT2D eigenvalue weighted by Crippen LogP contribution is -2.36. The second-order valence-electron chi connectivity index (χ2n) is 6.57. The molecule has 1 unspecified atom stereocenters. The summed E-state index contributed by atoms with van der Waals surface area (Å²) in [5.41, 5.74) is 1.31. The van der Waals surface area contributed by atoms with Crippen molar-refractivity contribution in [1.82, 2.24) is 15.5 Å². The molecule has 1 atom stereocenters. The lowest BCUT2D eigenvalue weighted by molar-refractivity contribution is 0.387. The van der Waals surface area contributed by atoms with E-state index >= 15 is 0 Å². The molecule has 1 heterocycles. The Labute approximate surface area is 142 Å². The summed E-state index contributed by atoms with van der Waals surface area (Å²) in [7, 11) is 0. The Balaban J connectivity index is 1.65. The van der Waals surface area contributed by atoms with Crippen LogP contribution in [0.1, 0.15) is 56.0 Å². The highest BCUT2D eigenvalue weighted by atomic mass is 32.2. The molecule has 0 bridgehead atoms. The van der Waals surface area contributed by atoms with Gasteiger partial charge in [0.25, 0.3) is 0 Å². The third kappa shape index (κ3) is 4.15. The van der Waals surface area contributed by atoms with Crippen molar-refractivity contribution in [1.29, 1.82) is 0 Å². The first-order chi connectivity index (χ1) is 11.1. The Morgan fingerprint density at radius 3 is 2.48 bits per heavy atom. The molecule has 1 N–H and O–H groups in total. The highest BCUT2D eigenvalue weighted by Crippen LogP contribution is 2.45. The minimum atomic E-state index is 0.0901. The number of nitrogens with one attached hydrogen (secondary N) is 1. The van der Waals surface area contributed by atoms with Crippen molar-refractivity contribution in [3.63, 3.8) is 0 Å². The van der Waals surface area contributed by atoms with E-state index in [-0.39, 0.29) is 10.8 Å². The third-order valence-electron chi connectivity index (χ3n) is 4.51. The van der Waals surface area contributed by atoms with E-state index in [1.165, 1.54) is 36.1 Å². The van der Waals surface area contributed by atoms with Crippen LogP contribution in [0.3, 0.4) is 0 Å². The van der Waals surface area contributed by atoms with Gasteiger partial charge in [0.2, 0.25) is 11.8 Å². The summed E-state index contributed by atoms with van der Waals surface area (Å²) in [4.78, 5) is 1.36. The molecule has 3 rings (SSSR count). The summed E-state index contributed by atoms with van der Waals surface area (Å²) in [6.07, 6.45) is 5.14. The van der Waals surface area contributed by atoms with Crippen LogP contribution in [0, 0.1) is 13.8 Å². The van der Waals surface area contributed by atoms with Crippen LogP contribution >= 0.6 is 11.8 Å². The van der Waals surface area contributed by atoms with Crippen LogP contribution in [0.5, 0.6) is 0 Å². The number of hydrogen-bond acceptors (Lipinski definition) is 5. The van der Waals surface area contributed by atoms with Crippen LogP contribution in [-0.2, 0) is 0 Å². The number of rotatable bonds is 6. The Bertz CT molecular complexity index is 632. The van der Waals surface area contributed by atoms with Crippen LogP contribution in [0.15, 0.2) is 33.6 Å². The van der Waals surface area contributed by atoms with E-state index in [9.17, 15) is 0 Å². The zero-order chi connectivity index (χ0) is 16.3. The summed E-state index contributed by atoms with van der Waals surface area (Å²) >= 11 is 2.02. The fourth-order valence-electron chi connectivity index (χ4n) is 3.10. The zero-order valence-corrected chi connectivity index (χ0v) is 14.9. The van der Waals surface area contributed by atoms with E-state index in [0.717, 1.165) is 6.54 Å². The summed E-state index contributed by atoms with van der Waals surface area (Å²) in [5.74, 6) is 1.30. The Morgan fingerprint density at radius 1 is 1.17 bits per heavy atom. The van der Waals surface area contributed by atoms with E-state index < -0.39 is 0 Å². The maximum Gasteiger partial charge on any atom is 0.233 e. The molecule has 1 aliphatic carbocycles. The van der Waals surface area contributed by atoms with Gasteiger partial charge in [-0.1, -0.05) is 30.5 Å². The largest absolute Gasteiger partial charge is 0.424 e. The molecular weight excluding hydrogens is 306 g/mol. The van der Waals surface area contributed by atoms with Gasteiger partial charge in [0.05, 0.1) is 6.04 Å². The summed E-state index contributed by atoms with van der Waals surface area (Å²) in [5, 5.41) is 11.6. The molecule has 2 aromatic rings. The van der Waals surface area contributed by atoms with Gasteiger partial charge in [-0.25, -0.2) is 0 Å². The highest BCUT2D eigenvalue weighted by Gasteiger charge is 2.35. The Hall–Kier alpha value is -1.33. The number of aryl methyl sites for hydroxylation is 2. The topological polar surface area (TPSA) is 51.0 Å². The first-order valence-corrected chi connectivity index (χ1v) is 9.17. The number of aromatic nitrogens is 2. The van der Waals surface area contributed by atoms with Crippen molar-refractivity contribution in [3.8, 4) is 0 Å². The van der Waals surface area contributed by atoms with Crippen molar-refractivity contribution in [2.24, 2.45) is 0 Å². The average molecular weight is 331 g/mol. The molecule has 4 nitrogen and oxygen atoms in total. The third-order valence-corrected chi connectivity index (χ3v) is 6.01. The van der Waals surface area contributed by atoms with E-state index in [2.05, 4.69) is 53.6 Å². The molecule has 0 spiro atoms. The molecule has 0 radical (unpaired) electrons. The average Bonchev–Trinajstić information content (AvgIpc) is 3.17. The van der Waals surface area contributed by atoms with Gasteiger partial charge in [0.15, 0.2) is 0 Å². The SMILES string of the molecule is Cc1ccc(SC2(CNC(C)c3nnc(C)o3)CCCC2)cc1. The highest BCUT2D eigenvalue weighted by molar-refractivity contribution is 8.00. The van der Waals surface area contributed by atoms with Gasteiger partial charge in [-0.15, -0.1) is 22.0 Å². The predicted octanol–water partition coefficient (Wildman–Crippen LogP) is 4.44. The number of thioether (sulfide) groups is 1. The molecule has 23 heavy (non-hydrogen) atoms. The molecule has 1 fully saturated rings. The molecule has 1 saturated carbocycles. The lowest BCUT2D eigenvalue weighted by atomic mass is 10.1. The van der Waals surface area contributed by atoms with E-state index in [4.69, 9.17) is 4.42 Å². The summed E-state index contributed by atoms with van der Waals surface area (Å²) in [6.45, 7) is 7.02. The van der Waals surface area contributed by atoms with E-state index in [0.29, 0.717) is 11.8 Å². The molecule has 1 aromatic carbocycles. The van der Waals surface area contributed by atoms with Crippen molar-refractivity contribution in [2.45, 2.75) is 62.1 Å². The monoisotopic (exact) mass is 331 g/mol. The van der Waals surface area contributed by atoms with Crippen LogP contribution in [-0.4, -0.2) is 21.5 Å². The van der Waals surface area contributed by atoms with E-state index in [1.54, 1.807) is 0 Å². The minimum absolute atomic E-state index is 0.0901. The second kappa shape index (κ2) is 7.05. The summed E-state index contributed by atoms with van der Waals surface area (Å²) < 4.78 is 5.81. The molecule has 124 valence electrons. The Kier molecular flexibility index (Phi) is 5.07. The molecule has 0 amide bonds. The number of nitrogens with zero attached hydrogens (tertiary/aromatic N) is 2. The van der Waals surface area contributed by atoms with Crippen molar-refractivity contribution in [2.75, 3.05) is 6.54 Å². The van der Waals surface area contributed by atoms with Crippen molar-refractivity contribution < 1.29 is 4.42 Å². The standard InChI is InChI=1S/C18H25N3OS/c1-13-6-8-16(9-7-13)23-18(10-4-5-11-18)12-19-14(2)17-21-20-15(3)22-17/h6-9,14,19H,4-5,10-12H2,1-3H3. The zero-order valence-electron chi connectivity index (χ0n) is 14.1. The first-order valence-electron chi connectivity index (χ1n) is 8.35.